The summed E-state index contributed by atoms with van der Waals surface area (Å²) in [5, 5.41) is 7.57. The summed E-state index contributed by atoms with van der Waals surface area (Å²) in [6.45, 7) is 4.22. The normalized spacial score (nSPS) is 12.6. The van der Waals surface area contributed by atoms with Crippen LogP contribution in [0.5, 0.6) is 0 Å². The molecule has 2 aromatic heterocycles. The van der Waals surface area contributed by atoms with E-state index in [9.17, 15) is 0 Å². The Kier molecular flexibility index (Phi) is 4.38. The number of pyridine rings is 1. The molecule has 0 saturated carbocycles. The van der Waals surface area contributed by atoms with Crippen LogP contribution in [0.4, 0.5) is 0 Å². The summed E-state index contributed by atoms with van der Waals surface area (Å²) in [6, 6.07) is 2.29. The zero-order valence-corrected chi connectivity index (χ0v) is 11.8. The SMILES string of the molecule is CCCc1nnsc1C(NC)c1cncc(C)c1. The highest BCUT2D eigenvalue weighted by Crippen LogP contribution is 2.27. The summed E-state index contributed by atoms with van der Waals surface area (Å²) >= 11 is 1.47. The third-order valence-electron chi connectivity index (χ3n) is 2.85. The van der Waals surface area contributed by atoms with Crippen LogP contribution in [-0.2, 0) is 6.42 Å². The van der Waals surface area contributed by atoms with E-state index in [0.717, 1.165) is 18.5 Å². The lowest BCUT2D eigenvalue weighted by Gasteiger charge is -2.15. The Morgan fingerprint density at radius 1 is 1.39 bits per heavy atom. The maximum atomic E-state index is 4.26. The Hall–Kier alpha value is -1.33. The molecule has 0 spiro atoms. The fourth-order valence-corrected chi connectivity index (χ4v) is 2.87. The number of aryl methyl sites for hydroxylation is 2. The van der Waals surface area contributed by atoms with Gasteiger partial charge in [0.05, 0.1) is 16.6 Å². The standard InChI is InChI=1S/C13H18N4S/c1-4-5-11-13(18-17-16-11)12(14-3)10-6-9(2)7-15-8-10/h6-8,12,14H,4-5H2,1-3H3. The Morgan fingerprint density at radius 3 is 2.89 bits per heavy atom. The Labute approximate surface area is 112 Å². The maximum absolute atomic E-state index is 4.26. The van der Waals surface area contributed by atoms with E-state index in [1.165, 1.54) is 27.5 Å². The van der Waals surface area contributed by atoms with Gasteiger partial charge in [-0.2, -0.15) is 0 Å². The van der Waals surface area contributed by atoms with Crippen LogP contribution in [0, 0.1) is 6.92 Å². The number of hydrogen-bond acceptors (Lipinski definition) is 5. The van der Waals surface area contributed by atoms with Crippen LogP contribution in [0.2, 0.25) is 0 Å². The van der Waals surface area contributed by atoms with E-state index in [0.29, 0.717) is 0 Å². The molecule has 4 nitrogen and oxygen atoms in total. The van der Waals surface area contributed by atoms with Crippen molar-refractivity contribution in [2.75, 3.05) is 7.05 Å². The molecule has 0 aromatic carbocycles. The molecule has 0 aliphatic carbocycles. The minimum Gasteiger partial charge on any atom is -0.309 e. The van der Waals surface area contributed by atoms with E-state index in [1.54, 1.807) is 0 Å². The first-order chi connectivity index (χ1) is 8.76. The highest BCUT2D eigenvalue weighted by Gasteiger charge is 2.19. The second kappa shape index (κ2) is 6.02. The van der Waals surface area contributed by atoms with Gasteiger partial charge in [-0.05, 0) is 43.1 Å². The first-order valence-corrected chi connectivity index (χ1v) is 6.93. The third-order valence-corrected chi connectivity index (χ3v) is 3.68. The first kappa shape index (κ1) is 13.1. The molecule has 0 amide bonds. The van der Waals surface area contributed by atoms with Gasteiger partial charge in [-0.3, -0.25) is 4.98 Å². The predicted molar refractivity (Wildman–Crippen MR) is 73.8 cm³/mol. The van der Waals surface area contributed by atoms with Crippen LogP contribution in [-0.4, -0.2) is 21.6 Å². The van der Waals surface area contributed by atoms with E-state index in [-0.39, 0.29) is 6.04 Å². The molecule has 1 atom stereocenters. The van der Waals surface area contributed by atoms with Crippen molar-refractivity contribution in [1.29, 1.82) is 0 Å². The summed E-state index contributed by atoms with van der Waals surface area (Å²) in [5.74, 6) is 0. The molecule has 1 unspecified atom stereocenters. The molecule has 0 radical (unpaired) electrons. The molecule has 0 aliphatic heterocycles. The van der Waals surface area contributed by atoms with Gasteiger partial charge in [0.25, 0.3) is 0 Å². The third kappa shape index (κ3) is 2.73. The van der Waals surface area contributed by atoms with E-state index in [1.807, 2.05) is 19.4 Å². The minimum absolute atomic E-state index is 0.138. The van der Waals surface area contributed by atoms with Gasteiger partial charge in [-0.15, -0.1) is 5.10 Å². The van der Waals surface area contributed by atoms with Crippen LogP contribution in [0.3, 0.4) is 0 Å². The molecule has 0 fully saturated rings. The summed E-state index contributed by atoms with van der Waals surface area (Å²) in [4.78, 5) is 5.46. The van der Waals surface area contributed by atoms with Crippen LogP contribution in [0.1, 0.15) is 41.1 Å². The van der Waals surface area contributed by atoms with Crippen molar-refractivity contribution in [2.24, 2.45) is 0 Å². The van der Waals surface area contributed by atoms with Crippen molar-refractivity contribution in [3.63, 3.8) is 0 Å². The maximum Gasteiger partial charge on any atom is 0.0807 e. The fourth-order valence-electron chi connectivity index (χ4n) is 2.03. The number of aromatic nitrogens is 3. The Bertz CT molecular complexity index is 509. The van der Waals surface area contributed by atoms with Gasteiger partial charge >= 0.3 is 0 Å². The predicted octanol–water partition coefficient (Wildman–Crippen LogP) is 2.50. The van der Waals surface area contributed by atoms with Gasteiger partial charge in [0.1, 0.15) is 0 Å². The number of nitrogens with one attached hydrogen (secondary N) is 1. The molecule has 96 valence electrons. The van der Waals surface area contributed by atoms with E-state index < -0.39 is 0 Å². The quantitative estimate of drug-likeness (QED) is 0.899. The van der Waals surface area contributed by atoms with Crippen molar-refractivity contribution in [2.45, 2.75) is 32.7 Å². The van der Waals surface area contributed by atoms with Crippen LogP contribution >= 0.6 is 11.5 Å². The average molecular weight is 262 g/mol. The van der Waals surface area contributed by atoms with E-state index >= 15 is 0 Å². The number of nitrogens with zero attached hydrogens (tertiary/aromatic N) is 3. The smallest absolute Gasteiger partial charge is 0.0807 e. The van der Waals surface area contributed by atoms with Gasteiger partial charge in [0.15, 0.2) is 0 Å². The molecule has 5 heteroatoms. The minimum atomic E-state index is 0.138. The first-order valence-electron chi connectivity index (χ1n) is 6.16. The van der Waals surface area contributed by atoms with E-state index in [4.69, 9.17) is 0 Å². The molecule has 2 aromatic rings. The summed E-state index contributed by atoms with van der Waals surface area (Å²) in [6.07, 6.45) is 5.84. The summed E-state index contributed by atoms with van der Waals surface area (Å²) in [5.41, 5.74) is 3.44. The van der Waals surface area contributed by atoms with Gasteiger partial charge in [-0.1, -0.05) is 23.9 Å². The Morgan fingerprint density at radius 2 is 2.22 bits per heavy atom. The fraction of sp³-hybridized carbons (Fsp3) is 0.462. The zero-order chi connectivity index (χ0) is 13.0. The second-order valence-corrected chi connectivity index (χ2v) is 5.14. The van der Waals surface area contributed by atoms with Crippen molar-refractivity contribution in [3.8, 4) is 0 Å². The zero-order valence-electron chi connectivity index (χ0n) is 11.0. The molecular formula is C13H18N4S. The second-order valence-electron chi connectivity index (χ2n) is 4.35. The van der Waals surface area contributed by atoms with Crippen molar-refractivity contribution in [3.05, 3.63) is 40.2 Å². The number of hydrogen-bond donors (Lipinski definition) is 1. The van der Waals surface area contributed by atoms with Gasteiger partial charge in [0, 0.05) is 12.4 Å². The summed E-state index contributed by atoms with van der Waals surface area (Å²) in [7, 11) is 1.96. The van der Waals surface area contributed by atoms with Crippen LogP contribution in [0.25, 0.3) is 0 Å². The van der Waals surface area contributed by atoms with Crippen LogP contribution < -0.4 is 5.32 Å². The molecule has 0 aliphatic rings. The lowest BCUT2D eigenvalue weighted by molar-refractivity contribution is 0.685. The Balaban J connectivity index is 2.36. The van der Waals surface area contributed by atoms with Crippen molar-refractivity contribution >= 4 is 11.5 Å². The molecule has 18 heavy (non-hydrogen) atoms. The lowest BCUT2D eigenvalue weighted by atomic mass is 10.0. The molecule has 2 rings (SSSR count). The van der Waals surface area contributed by atoms with Crippen molar-refractivity contribution < 1.29 is 0 Å². The van der Waals surface area contributed by atoms with Crippen molar-refractivity contribution in [1.82, 2.24) is 19.9 Å². The largest absolute Gasteiger partial charge is 0.309 e. The lowest BCUT2D eigenvalue weighted by Crippen LogP contribution is -2.18. The molecule has 1 N–H and O–H groups in total. The highest BCUT2D eigenvalue weighted by molar-refractivity contribution is 7.05. The van der Waals surface area contributed by atoms with Gasteiger partial charge in [0.2, 0.25) is 0 Å². The molecule has 0 saturated heterocycles. The van der Waals surface area contributed by atoms with E-state index in [2.05, 4.69) is 39.8 Å². The van der Waals surface area contributed by atoms with Gasteiger partial charge < -0.3 is 5.32 Å². The average Bonchev–Trinajstić information content (AvgIpc) is 2.79. The summed E-state index contributed by atoms with van der Waals surface area (Å²) < 4.78 is 4.09. The molecule has 0 bridgehead atoms. The monoisotopic (exact) mass is 262 g/mol. The van der Waals surface area contributed by atoms with Crippen LogP contribution in [0.15, 0.2) is 18.5 Å². The molecule has 2 heterocycles. The number of rotatable bonds is 5. The highest BCUT2D eigenvalue weighted by atomic mass is 32.1. The topological polar surface area (TPSA) is 50.7 Å². The molecular weight excluding hydrogens is 244 g/mol. The van der Waals surface area contributed by atoms with Gasteiger partial charge in [-0.25, -0.2) is 0 Å².